The summed E-state index contributed by atoms with van der Waals surface area (Å²) in [6.45, 7) is 29.5. The van der Waals surface area contributed by atoms with Crippen LogP contribution in [0.2, 0.25) is 0 Å². The first kappa shape index (κ1) is 49.7. The van der Waals surface area contributed by atoms with Crippen LogP contribution in [0.4, 0.5) is 0 Å². The van der Waals surface area contributed by atoms with Gasteiger partial charge in [-0.2, -0.15) is 0 Å². The molecule has 4 heteroatoms. The van der Waals surface area contributed by atoms with Crippen molar-refractivity contribution in [3.63, 3.8) is 0 Å². The molecule has 64 heavy (non-hydrogen) atoms. The molecule has 4 nitrogen and oxygen atoms in total. The number of rotatable bonds is 15. The highest BCUT2D eigenvalue weighted by Gasteiger charge is 2.70. The summed E-state index contributed by atoms with van der Waals surface area (Å²) in [5, 5.41) is 26.3. The van der Waals surface area contributed by atoms with Gasteiger partial charge in [-0.25, -0.2) is 0 Å². The van der Waals surface area contributed by atoms with E-state index in [0.29, 0.717) is 71.0 Å². The van der Waals surface area contributed by atoms with Gasteiger partial charge in [0.1, 0.15) is 11.2 Å². The van der Waals surface area contributed by atoms with E-state index >= 15 is 9.59 Å². The molecule has 366 valence electrons. The van der Waals surface area contributed by atoms with Gasteiger partial charge in [0.15, 0.2) is 11.6 Å². The minimum Gasteiger partial charge on any atom is -0.381 e. The Morgan fingerprint density at radius 3 is 1.19 bits per heavy atom. The maximum absolute atomic E-state index is 15.0. The molecule has 0 saturated heterocycles. The fourth-order valence-corrected chi connectivity index (χ4v) is 20.4. The molecule has 8 aliphatic carbocycles. The highest BCUT2D eigenvalue weighted by molar-refractivity contribution is 5.95. The van der Waals surface area contributed by atoms with E-state index < -0.39 is 22.0 Å². The van der Waals surface area contributed by atoms with Crippen LogP contribution in [0.3, 0.4) is 0 Å². The first-order chi connectivity index (χ1) is 30.1. The van der Waals surface area contributed by atoms with Crippen LogP contribution in [-0.2, 0) is 9.59 Å². The van der Waals surface area contributed by atoms with Crippen molar-refractivity contribution in [1.29, 1.82) is 0 Å². The molecule has 0 amide bonds. The van der Waals surface area contributed by atoms with Crippen molar-refractivity contribution in [2.45, 2.75) is 248 Å². The highest BCUT2D eigenvalue weighted by atomic mass is 16.3. The Balaban J connectivity index is 0.961. The maximum Gasteiger partial charge on any atom is 0.165 e. The van der Waals surface area contributed by atoms with Crippen LogP contribution in [0.15, 0.2) is 0 Å². The molecule has 0 aromatic carbocycles. The fourth-order valence-electron chi connectivity index (χ4n) is 20.4. The molecule has 8 aliphatic rings. The zero-order chi connectivity index (χ0) is 46.4. The molecule has 0 aromatic rings. The summed E-state index contributed by atoms with van der Waals surface area (Å²) >= 11 is 0. The lowest BCUT2D eigenvalue weighted by Gasteiger charge is -2.65. The molecule has 0 spiro atoms. The monoisotopic (exact) mass is 887 g/mol. The highest BCUT2D eigenvalue weighted by Crippen LogP contribution is 2.72. The Morgan fingerprint density at radius 1 is 0.453 bits per heavy atom. The number of ketones is 2. The Labute approximate surface area is 394 Å². The smallest absolute Gasteiger partial charge is 0.165 e. The third kappa shape index (κ3) is 7.67. The predicted molar refractivity (Wildman–Crippen MR) is 264 cm³/mol. The van der Waals surface area contributed by atoms with E-state index in [-0.39, 0.29) is 24.4 Å². The van der Waals surface area contributed by atoms with Crippen molar-refractivity contribution in [3.05, 3.63) is 0 Å². The normalized spacial score (nSPS) is 48.2. The van der Waals surface area contributed by atoms with E-state index in [9.17, 15) is 10.2 Å². The molecule has 8 saturated carbocycles. The molecule has 2 unspecified atom stereocenters. The van der Waals surface area contributed by atoms with Crippen LogP contribution in [0, 0.1) is 116 Å². The van der Waals surface area contributed by atoms with Gasteiger partial charge in [0.25, 0.3) is 0 Å². The van der Waals surface area contributed by atoms with Gasteiger partial charge in [-0.1, -0.05) is 109 Å². The minimum atomic E-state index is -1.39. The first-order valence-electron chi connectivity index (χ1n) is 28.6. The zero-order valence-corrected chi connectivity index (χ0v) is 43.9. The number of Topliss-reactive ketones (excluding diaryl/α,β-unsaturated/α-hetero) is 2. The van der Waals surface area contributed by atoms with Crippen LogP contribution < -0.4 is 0 Å². The second-order valence-electron chi connectivity index (χ2n) is 27.7. The van der Waals surface area contributed by atoms with Crippen LogP contribution >= 0.6 is 0 Å². The van der Waals surface area contributed by atoms with E-state index in [2.05, 4.69) is 83.1 Å². The molecule has 20 atom stereocenters. The first-order valence-corrected chi connectivity index (χ1v) is 28.6. The fraction of sp³-hybridized carbons (Fsp3) is 0.967. The summed E-state index contributed by atoms with van der Waals surface area (Å²) in [7, 11) is 0. The van der Waals surface area contributed by atoms with E-state index in [1.807, 2.05) is 0 Å². The van der Waals surface area contributed by atoms with Gasteiger partial charge >= 0.3 is 0 Å². The number of carbonyl (C=O) groups excluding carboxylic acids is 2. The topological polar surface area (TPSA) is 74.6 Å². The molecule has 0 radical (unpaired) electrons. The van der Waals surface area contributed by atoms with Crippen LogP contribution in [0.25, 0.3) is 0 Å². The van der Waals surface area contributed by atoms with Crippen LogP contribution in [0.5, 0.6) is 0 Å². The van der Waals surface area contributed by atoms with Crippen molar-refractivity contribution in [1.82, 2.24) is 0 Å². The van der Waals surface area contributed by atoms with Gasteiger partial charge in [0.2, 0.25) is 0 Å². The van der Waals surface area contributed by atoms with Gasteiger partial charge in [0, 0.05) is 23.7 Å². The Morgan fingerprint density at radius 2 is 0.828 bits per heavy atom. The SMILES string of the molecule is CC(C)[C@@H](C)CC[C@@H](C)[C@H]1CC[C@H]2[C@H]3CC[C@H]4CCCC(O)(C(=O)CCC(=O)C5(O)CCC[C@@H]6CC[C@@H]7[C@@H]8CC[C@H]([C@H](C)CC[C@H](C)C(C)C)[C@@]8(C)CC[C@@H]7[C@]65C)[C@]4(C)[C@H]3CC[C@]12C. The van der Waals surface area contributed by atoms with Crippen LogP contribution in [-0.4, -0.2) is 33.0 Å². The minimum absolute atomic E-state index is 0.0794. The predicted octanol–water partition coefficient (Wildman–Crippen LogP) is 15.1. The third-order valence-electron chi connectivity index (χ3n) is 25.2. The summed E-state index contributed by atoms with van der Waals surface area (Å²) in [5.41, 5.74) is -2.95. The number of hydrogen-bond acceptors (Lipinski definition) is 4. The van der Waals surface area contributed by atoms with Gasteiger partial charge in [0.05, 0.1) is 0 Å². The second kappa shape index (κ2) is 18.2. The average molecular weight is 887 g/mol. The summed E-state index contributed by atoms with van der Waals surface area (Å²) < 4.78 is 0. The Hall–Kier alpha value is -0.740. The van der Waals surface area contributed by atoms with Gasteiger partial charge in [-0.05, 0) is 221 Å². The third-order valence-corrected chi connectivity index (χ3v) is 25.2. The van der Waals surface area contributed by atoms with E-state index in [4.69, 9.17) is 0 Å². The number of hydrogen-bond donors (Lipinski definition) is 2. The number of aliphatic hydroxyl groups is 2. The molecule has 0 aromatic heterocycles. The average Bonchev–Trinajstić information content (AvgIpc) is 3.81. The van der Waals surface area contributed by atoms with Crippen LogP contribution in [0.1, 0.15) is 237 Å². The maximum atomic E-state index is 15.0. The molecule has 2 N–H and O–H groups in total. The van der Waals surface area contributed by atoms with Crippen molar-refractivity contribution < 1.29 is 19.8 Å². The second-order valence-corrected chi connectivity index (χ2v) is 27.7. The molecule has 0 bridgehead atoms. The van der Waals surface area contributed by atoms with Crippen molar-refractivity contribution in [2.75, 3.05) is 0 Å². The standard InChI is InChI=1S/C60H102O4/c1-37(2)39(5)17-19-41(7)47-25-27-49-45-23-21-43-15-13-33-59(63,57(43,11)51(45)31-35-55(47,49)9)53(61)29-30-54(62)60(64)34-14-16-44-22-24-46-50-28-26-48(42(8)20-18-40(6)38(3)4)56(50,10)36-32-52(46)58(44,60)12/h37-52,63-64H,13-36H2,1-12H3/t39-,40-,41+,42+,43+,44+,45+,46+,47+,48+,49-,50-,51-,52-,55+,56+,57-,58-,59?,60?/m0/s1. The van der Waals surface area contributed by atoms with Crippen molar-refractivity contribution in [3.8, 4) is 0 Å². The summed E-state index contributed by atoms with van der Waals surface area (Å²) in [4.78, 5) is 30.0. The quantitative estimate of drug-likeness (QED) is 0.172. The number of fused-ring (bicyclic) bond motifs is 10. The number of carbonyl (C=O) groups is 2. The molecule has 8 fully saturated rings. The molecular formula is C60H102O4. The summed E-state index contributed by atoms with van der Waals surface area (Å²) in [5.74, 6) is 9.91. The van der Waals surface area contributed by atoms with Gasteiger partial charge in [-0.15, -0.1) is 0 Å². The molecule has 8 rings (SSSR count). The van der Waals surface area contributed by atoms with Crippen molar-refractivity contribution >= 4 is 11.6 Å². The van der Waals surface area contributed by atoms with E-state index in [1.54, 1.807) is 0 Å². The lowest BCUT2D eigenvalue weighted by atomic mass is 9.40. The Kier molecular flexibility index (Phi) is 14.1. The lowest BCUT2D eigenvalue weighted by Crippen LogP contribution is -2.67. The van der Waals surface area contributed by atoms with E-state index in [1.165, 1.54) is 77.0 Å². The molecule has 0 heterocycles. The largest absolute Gasteiger partial charge is 0.381 e. The molecule has 0 aliphatic heterocycles. The summed E-state index contributed by atoms with van der Waals surface area (Å²) in [6.07, 6.45) is 25.4. The molecular weight excluding hydrogens is 785 g/mol. The lowest BCUT2D eigenvalue weighted by molar-refractivity contribution is -0.218. The van der Waals surface area contributed by atoms with E-state index in [0.717, 1.165) is 98.7 Å². The zero-order valence-electron chi connectivity index (χ0n) is 43.9. The Bertz CT molecular complexity index is 1550. The summed E-state index contributed by atoms with van der Waals surface area (Å²) in [6, 6.07) is 0. The van der Waals surface area contributed by atoms with Crippen molar-refractivity contribution in [2.24, 2.45) is 116 Å². The van der Waals surface area contributed by atoms with Gasteiger partial charge in [-0.3, -0.25) is 9.59 Å². The van der Waals surface area contributed by atoms with Gasteiger partial charge < -0.3 is 10.2 Å².